The second-order valence-electron chi connectivity index (χ2n) is 10.6. The van der Waals surface area contributed by atoms with Gasteiger partial charge >= 0.3 is 5.97 Å². The lowest BCUT2D eigenvalue weighted by molar-refractivity contribution is -0.144. The van der Waals surface area contributed by atoms with Gasteiger partial charge in [-0.2, -0.15) is 0 Å². The van der Waals surface area contributed by atoms with E-state index >= 15 is 0 Å². The van der Waals surface area contributed by atoms with Gasteiger partial charge in [0.1, 0.15) is 17.0 Å². The molecule has 1 saturated carbocycles. The molecular weight excluding hydrogens is 494 g/mol. The Kier molecular flexibility index (Phi) is 6.37. The second-order valence-corrected chi connectivity index (χ2v) is 11.0. The summed E-state index contributed by atoms with van der Waals surface area (Å²) in [5.41, 5.74) is 3.54. The number of rotatable bonds is 6. The summed E-state index contributed by atoms with van der Waals surface area (Å²) in [4.78, 5) is 12.7. The predicted octanol–water partition coefficient (Wildman–Crippen LogP) is 8.22. The van der Waals surface area contributed by atoms with Gasteiger partial charge in [-0.05, 0) is 97.2 Å². The van der Waals surface area contributed by atoms with Gasteiger partial charge in [0.15, 0.2) is 0 Å². The van der Waals surface area contributed by atoms with E-state index in [1.807, 2.05) is 48.5 Å². The predicted molar refractivity (Wildman–Crippen MR) is 151 cm³/mol. The molecule has 0 saturated heterocycles. The Morgan fingerprint density at radius 2 is 1.53 bits per heavy atom. The van der Waals surface area contributed by atoms with Gasteiger partial charge in [-0.15, -0.1) is 0 Å². The summed E-state index contributed by atoms with van der Waals surface area (Å²) in [7, 11) is 0. The molecule has 2 N–H and O–H groups in total. The number of carboxylic acid groups (broad SMARTS) is 1. The van der Waals surface area contributed by atoms with Crippen molar-refractivity contribution in [3.63, 3.8) is 0 Å². The lowest BCUT2D eigenvalue weighted by atomic mass is 9.59. The maximum absolute atomic E-state index is 12.7. The average molecular weight is 524 g/mol. The number of carboxylic acids is 1. The summed E-state index contributed by atoms with van der Waals surface area (Å²) in [6.07, 6.45) is 3.54. The van der Waals surface area contributed by atoms with Gasteiger partial charge in [0.2, 0.25) is 0 Å². The van der Waals surface area contributed by atoms with Crippen molar-refractivity contribution in [2.45, 2.75) is 49.0 Å². The van der Waals surface area contributed by atoms with Crippen molar-refractivity contribution >= 4 is 23.3 Å². The standard InChI is InChI=1S/C33H30ClNO3/c34-25-10-7-11-26(22-25)35-33(31(36)37)18-16-32(17-19-33)29-15-5-4-8-24(29)21-30(32)23-9-6-14-28(20-23)38-27-12-2-1-3-13-27/h1-15,20,22,30,35H,16-19,21H2,(H,36,37)/t30-,32?,33?/m0/s1. The number of anilines is 1. The maximum atomic E-state index is 12.7. The molecular formula is C33H30ClNO3. The fourth-order valence-electron chi connectivity index (χ4n) is 6.62. The largest absolute Gasteiger partial charge is 0.480 e. The van der Waals surface area contributed by atoms with Gasteiger partial charge in [-0.25, -0.2) is 4.79 Å². The van der Waals surface area contributed by atoms with Crippen molar-refractivity contribution in [3.8, 4) is 11.5 Å². The third kappa shape index (κ3) is 4.43. The van der Waals surface area contributed by atoms with E-state index in [9.17, 15) is 9.90 Å². The topological polar surface area (TPSA) is 58.6 Å². The molecule has 2 aliphatic rings. The van der Waals surface area contributed by atoms with E-state index in [4.69, 9.17) is 16.3 Å². The van der Waals surface area contributed by atoms with E-state index in [-0.39, 0.29) is 11.3 Å². The molecule has 0 amide bonds. The van der Waals surface area contributed by atoms with E-state index in [2.05, 4.69) is 47.8 Å². The van der Waals surface area contributed by atoms with Gasteiger partial charge in [0.05, 0.1) is 0 Å². The highest BCUT2D eigenvalue weighted by Crippen LogP contribution is 2.58. The minimum atomic E-state index is -1.03. The number of fused-ring (bicyclic) bond motifs is 2. The first-order valence-electron chi connectivity index (χ1n) is 13.2. The number of carbonyl (C=O) groups is 1. The Labute approximate surface area is 228 Å². The van der Waals surface area contributed by atoms with E-state index in [1.165, 1.54) is 16.7 Å². The highest BCUT2D eigenvalue weighted by atomic mass is 35.5. The first-order chi connectivity index (χ1) is 18.5. The lowest BCUT2D eigenvalue weighted by Crippen LogP contribution is -2.52. The first kappa shape index (κ1) is 24.6. The van der Waals surface area contributed by atoms with Crippen molar-refractivity contribution in [1.82, 2.24) is 0 Å². The lowest BCUT2D eigenvalue weighted by Gasteiger charge is -2.47. The van der Waals surface area contributed by atoms with Crippen molar-refractivity contribution in [3.05, 3.63) is 125 Å². The smallest absolute Gasteiger partial charge is 0.329 e. The molecule has 1 fully saturated rings. The molecule has 0 heterocycles. The Bertz CT molecular complexity index is 1460. The SMILES string of the molecule is O=C(O)C1(Nc2cccc(Cl)c2)CCC2(CC1)c1ccccc1C[C@H]2c1cccc(Oc2ccccc2)c1. The van der Waals surface area contributed by atoms with Crippen LogP contribution in [0, 0.1) is 0 Å². The monoisotopic (exact) mass is 523 g/mol. The molecule has 1 atom stereocenters. The molecule has 38 heavy (non-hydrogen) atoms. The Balaban J connectivity index is 1.33. The third-order valence-electron chi connectivity index (χ3n) is 8.50. The molecule has 0 aromatic heterocycles. The van der Waals surface area contributed by atoms with Gasteiger partial charge in [-0.1, -0.05) is 72.3 Å². The summed E-state index contributed by atoms with van der Waals surface area (Å²) < 4.78 is 6.17. The molecule has 0 unspecified atom stereocenters. The molecule has 5 heteroatoms. The second kappa shape index (κ2) is 9.85. The number of halogens is 1. The normalized spacial score (nSPS) is 24.1. The molecule has 0 bridgehead atoms. The van der Waals surface area contributed by atoms with Crippen molar-refractivity contribution in [2.75, 3.05) is 5.32 Å². The van der Waals surface area contributed by atoms with E-state index in [0.29, 0.717) is 17.9 Å². The number of hydrogen-bond donors (Lipinski definition) is 2. The summed E-state index contributed by atoms with van der Waals surface area (Å²) in [6.45, 7) is 0. The van der Waals surface area contributed by atoms with Crippen LogP contribution in [0.3, 0.4) is 0 Å². The minimum absolute atomic E-state index is 0.128. The highest BCUT2D eigenvalue weighted by Gasteiger charge is 2.54. The quantitative estimate of drug-likeness (QED) is 0.267. The zero-order valence-electron chi connectivity index (χ0n) is 21.1. The number of para-hydroxylation sites is 1. The van der Waals surface area contributed by atoms with Crippen LogP contribution in [0.25, 0.3) is 0 Å². The molecule has 0 aliphatic heterocycles. The van der Waals surface area contributed by atoms with Gasteiger partial charge in [0.25, 0.3) is 0 Å². The maximum Gasteiger partial charge on any atom is 0.329 e. The molecule has 0 radical (unpaired) electrons. The van der Waals surface area contributed by atoms with Crippen LogP contribution in [0.2, 0.25) is 5.02 Å². The third-order valence-corrected chi connectivity index (χ3v) is 8.73. The van der Waals surface area contributed by atoms with Crippen molar-refractivity contribution in [1.29, 1.82) is 0 Å². The van der Waals surface area contributed by atoms with Gasteiger partial charge < -0.3 is 15.2 Å². The molecule has 192 valence electrons. The van der Waals surface area contributed by atoms with Crippen LogP contribution in [-0.2, 0) is 16.6 Å². The van der Waals surface area contributed by atoms with Crippen LogP contribution in [0.4, 0.5) is 5.69 Å². The van der Waals surface area contributed by atoms with E-state index in [1.54, 1.807) is 12.1 Å². The van der Waals surface area contributed by atoms with Crippen molar-refractivity contribution < 1.29 is 14.6 Å². The summed E-state index contributed by atoms with van der Waals surface area (Å²) in [6, 6.07) is 34.3. The Morgan fingerprint density at radius 1 is 0.816 bits per heavy atom. The Hall–Kier alpha value is -3.76. The number of hydrogen-bond acceptors (Lipinski definition) is 3. The molecule has 4 aromatic carbocycles. The summed E-state index contributed by atoms with van der Waals surface area (Å²) >= 11 is 6.20. The number of nitrogens with one attached hydrogen (secondary N) is 1. The number of ether oxygens (including phenoxy) is 1. The molecule has 2 aliphatic carbocycles. The molecule has 1 spiro atoms. The molecule has 6 rings (SSSR count). The zero-order chi connectivity index (χ0) is 26.2. The average Bonchev–Trinajstić information content (AvgIpc) is 3.25. The van der Waals surface area contributed by atoms with Crippen LogP contribution in [-0.4, -0.2) is 16.6 Å². The number of aliphatic carboxylic acids is 1. The fourth-order valence-corrected chi connectivity index (χ4v) is 6.81. The summed E-state index contributed by atoms with van der Waals surface area (Å²) in [5.74, 6) is 1.06. The molecule has 4 nitrogen and oxygen atoms in total. The molecule has 4 aromatic rings. The van der Waals surface area contributed by atoms with E-state index in [0.717, 1.165) is 36.4 Å². The Morgan fingerprint density at radius 3 is 2.29 bits per heavy atom. The van der Waals surface area contributed by atoms with Crippen LogP contribution in [0.15, 0.2) is 103 Å². The fraction of sp³-hybridized carbons (Fsp3) is 0.242. The van der Waals surface area contributed by atoms with Crippen LogP contribution < -0.4 is 10.1 Å². The van der Waals surface area contributed by atoms with Gasteiger partial charge in [0, 0.05) is 16.1 Å². The van der Waals surface area contributed by atoms with Crippen LogP contribution in [0.1, 0.15) is 48.3 Å². The zero-order valence-corrected chi connectivity index (χ0v) is 21.8. The van der Waals surface area contributed by atoms with Crippen LogP contribution >= 0.6 is 11.6 Å². The van der Waals surface area contributed by atoms with Crippen LogP contribution in [0.5, 0.6) is 11.5 Å². The minimum Gasteiger partial charge on any atom is -0.480 e. The summed E-state index contributed by atoms with van der Waals surface area (Å²) in [5, 5.41) is 14.3. The highest BCUT2D eigenvalue weighted by molar-refractivity contribution is 6.30. The number of benzene rings is 4. The first-order valence-corrected chi connectivity index (χ1v) is 13.5. The van der Waals surface area contributed by atoms with Gasteiger partial charge in [-0.3, -0.25) is 0 Å². The van der Waals surface area contributed by atoms with Crippen molar-refractivity contribution in [2.24, 2.45) is 0 Å². The van der Waals surface area contributed by atoms with E-state index < -0.39 is 11.5 Å².